The smallest absolute Gasteiger partial charge is 0.471 e. The molecule has 1 unspecified atom stereocenters. The Morgan fingerprint density at radius 3 is 2.41 bits per heavy atom. The molecule has 1 aromatic carbocycles. The molecule has 32 heavy (non-hydrogen) atoms. The van der Waals surface area contributed by atoms with Gasteiger partial charge in [0.15, 0.2) is 0 Å². The van der Waals surface area contributed by atoms with Crippen LogP contribution in [0.3, 0.4) is 0 Å². The molecule has 2 rings (SSSR count). The van der Waals surface area contributed by atoms with Gasteiger partial charge in [0.25, 0.3) is 0 Å². The third kappa shape index (κ3) is 6.89. The molecule has 0 radical (unpaired) electrons. The Labute approximate surface area is 192 Å². The maximum atomic E-state index is 12.7. The predicted molar refractivity (Wildman–Crippen MR) is 112 cm³/mol. The van der Waals surface area contributed by atoms with Crippen LogP contribution >= 0.6 is 23.2 Å². The number of amides is 3. The van der Waals surface area contributed by atoms with E-state index >= 15 is 0 Å². The minimum Gasteiger partial charge on any atom is -0.492 e. The van der Waals surface area contributed by atoms with Crippen LogP contribution in [-0.4, -0.2) is 59.4 Å². The van der Waals surface area contributed by atoms with Crippen LogP contribution < -0.4 is 15.4 Å². The van der Waals surface area contributed by atoms with E-state index in [0.717, 1.165) is 4.90 Å². The third-order valence-electron chi connectivity index (χ3n) is 4.36. The molecule has 0 saturated heterocycles. The number of halogens is 5. The molecule has 174 valence electrons. The monoisotopic (exact) mass is 493 g/mol. The van der Waals surface area contributed by atoms with Gasteiger partial charge in [-0.1, -0.05) is 24.3 Å². The lowest BCUT2D eigenvalue weighted by atomic mass is 9.95. The maximum absolute atomic E-state index is 12.7. The summed E-state index contributed by atoms with van der Waals surface area (Å²) in [4.78, 5) is 37.3. The number of ether oxygens (including phenoxy) is 1. The number of allylic oxidation sites excluding steroid dienone is 2. The Balaban J connectivity index is 2.28. The number of alkyl halides is 5. The number of rotatable bonds is 9. The third-order valence-corrected chi connectivity index (χ3v) is 4.83. The van der Waals surface area contributed by atoms with Crippen LogP contribution in [0.2, 0.25) is 0 Å². The van der Waals surface area contributed by atoms with E-state index < -0.39 is 41.3 Å². The van der Waals surface area contributed by atoms with E-state index in [1.807, 2.05) is 0 Å². The van der Waals surface area contributed by atoms with E-state index in [2.05, 4.69) is 5.32 Å². The van der Waals surface area contributed by atoms with Gasteiger partial charge in [0.1, 0.15) is 29.8 Å². The molecule has 12 heteroatoms. The lowest BCUT2D eigenvalue weighted by Crippen LogP contribution is -2.64. The average Bonchev–Trinajstić information content (AvgIpc) is 2.76. The maximum Gasteiger partial charge on any atom is 0.471 e. The average molecular weight is 494 g/mol. The Morgan fingerprint density at radius 1 is 1.12 bits per heavy atom. The summed E-state index contributed by atoms with van der Waals surface area (Å²) in [6.07, 6.45) is -1.51. The molecule has 0 fully saturated rings. The molecule has 0 bridgehead atoms. The highest BCUT2D eigenvalue weighted by molar-refractivity contribution is 6.28. The molecule has 1 atom stereocenters. The quantitative estimate of drug-likeness (QED) is 0.409. The Bertz CT molecular complexity index is 894. The van der Waals surface area contributed by atoms with E-state index in [1.165, 1.54) is 18.2 Å². The largest absolute Gasteiger partial charge is 0.492 e. The van der Waals surface area contributed by atoms with E-state index in [-0.39, 0.29) is 25.3 Å². The molecular weight excluding hydrogens is 474 g/mol. The second-order valence-corrected chi connectivity index (χ2v) is 7.16. The van der Waals surface area contributed by atoms with Gasteiger partial charge in [-0.3, -0.25) is 14.4 Å². The molecule has 0 aliphatic heterocycles. The molecular formula is C20H20Cl2F3N3O4. The van der Waals surface area contributed by atoms with Crippen LogP contribution in [0.5, 0.6) is 5.75 Å². The molecule has 1 aromatic rings. The zero-order valence-electron chi connectivity index (χ0n) is 16.6. The molecule has 0 saturated carbocycles. The van der Waals surface area contributed by atoms with Crippen molar-refractivity contribution in [3.05, 3.63) is 54.3 Å². The number of hydrogen-bond acceptors (Lipinski definition) is 4. The van der Waals surface area contributed by atoms with Crippen molar-refractivity contribution in [3.63, 3.8) is 0 Å². The van der Waals surface area contributed by atoms with Gasteiger partial charge in [0.2, 0.25) is 11.8 Å². The summed E-state index contributed by atoms with van der Waals surface area (Å²) in [5.74, 6) is -3.89. The molecule has 7 nitrogen and oxygen atoms in total. The first-order valence-electron chi connectivity index (χ1n) is 9.29. The Hall–Kier alpha value is -2.72. The highest BCUT2D eigenvalue weighted by Crippen LogP contribution is 2.28. The first-order chi connectivity index (χ1) is 15.1. The van der Waals surface area contributed by atoms with E-state index in [9.17, 15) is 27.6 Å². The fourth-order valence-corrected chi connectivity index (χ4v) is 3.25. The zero-order valence-corrected chi connectivity index (χ0v) is 18.1. The molecule has 2 N–H and O–H groups in total. The van der Waals surface area contributed by atoms with Crippen LogP contribution in [0.4, 0.5) is 13.2 Å². The number of carbonyl (C=O) groups excluding carboxylic acids is 3. The van der Waals surface area contributed by atoms with Gasteiger partial charge in [-0.15, -0.1) is 23.2 Å². The van der Waals surface area contributed by atoms with E-state index in [4.69, 9.17) is 27.9 Å². The van der Waals surface area contributed by atoms with Crippen molar-refractivity contribution in [1.82, 2.24) is 15.5 Å². The number of nitrogens with zero attached hydrogens (tertiary/aromatic N) is 1. The Kier molecular flexibility index (Phi) is 8.97. The molecule has 0 spiro atoms. The van der Waals surface area contributed by atoms with Crippen molar-refractivity contribution >= 4 is 40.9 Å². The normalized spacial score (nSPS) is 17.8. The summed E-state index contributed by atoms with van der Waals surface area (Å²) in [6.45, 7) is -0.0826. The number of para-hydroxylation sites is 1. The lowest BCUT2D eigenvalue weighted by Gasteiger charge is -2.44. The summed E-state index contributed by atoms with van der Waals surface area (Å²) < 4.78 is 43.7. The van der Waals surface area contributed by atoms with Gasteiger partial charge in [0.05, 0.1) is 6.54 Å². The summed E-state index contributed by atoms with van der Waals surface area (Å²) in [5.41, 5.74) is -1.79. The SMILES string of the molecule is O=C(CCl)NC1(N(CCOc2ccccc2)C(=O)CCl)C=CC=C(NC(=O)C(F)(F)F)C1. The number of nitrogens with one attached hydrogen (secondary N) is 2. The van der Waals surface area contributed by atoms with Gasteiger partial charge < -0.3 is 20.3 Å². The van der Waals surface area contributed by atoms with Gasteiger partial charge >= 0.3 is 12.1 Å². The lowest BCUT2D eigenvalue weighted by molar-refractivity contribution is -0.172. The second kappa shape index (κ2) is 11.2. The van der Waals surface area contributed by atoms with Crippen molar-refractivity contribution in [2.45, 2.75) is 18.3 Å². The van der Waals surface area contributed by atoms with Crippen molar-refractivity contribution < 1.29 is 32.3 Å². The number of hydrogen-bond donors (Lipinski definition) is 2. The number of benzene rings is 1. The van der Waals surface area contributed by atoms with Crippen LogP contribution in [0.25, 0.3) is 0 Å². The fraction of sp³-hybridized carbons (Fsp3) is 0.350. The van der Waals surface area contributed by atoms with Crippen LogP contribution in [-0.2, 0) is 14.4 Å². The predicted octanol–water partition coefficient (Wildman–Crippen LogP) is 2.71. The minimum atomic E-state index is -5.11. The first kappa shape index (κ1) is 25.5. The van der Waals surface area contributed by atoms with Crippen molar-refractivity contribution in [2.24, 2.45) is 0 Å². The topological polar surface area (TPSA) is 87.7 Å². The summed E-state index contributed by atoms with van der Waals surface area (Å²) in [5, 5.41) is 4.31. The molecule has 1 aliphatic carbocycles. The van der Waals surface area contributed by atoms with Gasteiger partial charge in [-0.05, 0) is 24.3 Å². The molecule has 0 aromatic heterocycles. The number of carbonyl (C=O) groups is 3. The van der Waals surface area contributed by atoms with Crippen LogP contribution in [0.15, 0.2) is 54.3 Å². The van der Waals surface area contributed by atoms with Gasteiger partial charge in [-0.2, -0.15) is 13.2 Å². The van der Waals surface area contributed by atoms with E-state index in [0.29, 0.717) is 5.75 Å². The molecule has 3 amide bonds. The van der Waals surface area contributed by atoms with Crippen LogP contribution in [0.1, 0.15) is 6.42 Å². The fourth-order valence-electron chi connectivity index (χ4n) is 3.04. The standard InChI is InChI=1S/C20H20Cl2F3N3O4/c21-12-16(29)27-19(8-4-5-14(11-19)26-18(31)20(23,24)25)28(17(30)13-22)9-10-32-15-6-2-1-3-7-15/h1-8H,9-13H2,(H,26,31)(H,27,29). The van der Waals surface area contributed by atoms with Gasteiger partial charge in [-0.25, -0.2) is 0 Å². The van der Waals surface area contributed by atoms with Gasteiger partial charge in [0, 0.05) is 12.1 Å². The first-order valence-corrected chi connectivity index (χ1v) is 10.4. The summed E-state index contributed by atoms with van der Waals surface area (Å²) in [6, 6.07) is 8.70. The summed E-state index contributed by atoms with van der Waals surface area (Å²) >= 11 is 11.3. The second-order valence-electron chi connectivity index (χ2n) is 6.63. The zero-order chi connectivity index (χ0) is 23.8. The Morgan fingerprint density at radius 2 is 1.81 bits per heavy atom. The van der Waals surface area contributed by atoms with Crippen molar-refractivity contribution in [3.8, 4) is 5.75 Å². The molecule has 0 heterocycles. The van der Waals surface area contributed by atoms with E-state index in [1.54, 1.807) is 35.6 Å². The highest BCUT2D eigenvalue weighted by Gasteiger charge is 2.43. The summed E-state index contributed by atoms with van der Waals surface area (Å²) in [7, 11) is 0. The van der Waals surface area contributed by atoms with Crippen molar-refractivity contribution in [2.75, 3.05) is 24.9 Å². The molecule has 1 aliphatic rings. The minimum absolute atomic E-state index is 0.00701. The highest BCUT2D eigenvalue weighted by atomic mass is 35.5. The van der Waals surface area contributed by atoms with Crippen LogP contribution in [0, 0.1) is 0 Å². The van der Waals surface area contributed by atoms with Crippen molar-refractivity contribution in [1.29, 1.82) is 0 Å².